The zero-order valence-electron chi connectivity index (χ0n) is 9.77. The standard InChI is InChI=1S/C13H12ClN3O/c1-8-3-2-4-11(15)12(8)17-13(18)9-5-6-16-7-10(9)14/h2-7H,15H2,1H3,(H,17,18). The van der Waals surface area contributed by atoms with Gasteiger partial charge in [-0.05, 0) is 24.6 Å². The van der Waals surface area contributed by atoms with Crippen LogP contribution < -0.4 is 11.1 Å². The molecule has 1 aromatic heterocycles. The minimum atomic E-state index is -0.302. The van der Waals surface area contributed by atoms with E-state index in [2.05, 4.69) is 10.3 Å². The molecule has 18 heavy (non-hydrogen) atoms. The third kappa shape index (κ3) is 2.43. The monoisotopic (exact) mass is 261 g/mol. The molecule has 2 rings (SSSR count). The summed E-state index contributed by atoms with van der Waals surface area (Å²) in [6.45, 7) is 1.88. The molecule has 2 aromatic rings. The SMILES string of the molecule is Cc1cccc(N)c1NC(=O)c1ccncc1Cl. The number of rotatable bonds is 2. The number of nitrogen functional groups attached to an aromatic ring is 1. The molecule has 0 spiro atoms. The van der Waals surface area contributed by atoms with Crippen LogP contribution in [0.15, 0.2) is 36.7 Å². The Bertz CT molecular complexity index is 578. The van der Waals surface area contributed by atoms with Crippen LogP contribution in [0.1, 0.15) is 15.9 Å². The van der Waals surface area contributed by atoms with Gasteiger partial charge in [-0.3, -0.25) is 9.78 Å². The summed E-state index contributed by atoms with van der Waals surface area (Å²) in [5, 5.41) is 3.07. The molecule has 0 unspecified atom stereocenters. The highest BCUT2D eigenvalue weighted by Crippen LogP contribution is 2.24. The molecule has 0 saturated carbocycles. The molecule has 92 valence electrons. The highest BCUT2D eigenvalue weighted by molar-refractivity contribution is 6.34. The summed E-state index contributed by atoms with van der Waals surface area (Å²) in [5.41, 5.74) is 8.22. The van der Waals surface area contributed by atoms with Gasteiger partial charge in [0.2, 0.25) is 0 Å². The molecule has 0 atom stereocenters. The fourth-order valence-corrected chi connectivity index (χ4v) is 1.81. The quantitative estimate of drug-likeness (QED) is 0.817. The molecule has 0 fully saturated rings. The number of pyridine rings is 1. The van der Waals surface area contributed by atoms with Gasteiger partial charge in [-0.2, -0.15) is 0 Å². The number of carbonyl (C=O) groups is 1. The lowest BCUT2D eigenvalue weighted by Gasteiger charge is -2.11. The second kappa shape index (κ2) is 5.06. The van der Waals surface area contributed by atoms with Gasteiger partial charge in [-0.25, -0.2) is 0 Å². The van der Waals surface area contributed by atoms with Gasteiger partial charge in [0.15, 0.2) is 0 Å². The van der Waals surface area contributed by atoms with Gasteiger partial charge >= 0.3 is 0 Å². The van der Waals surface area contributed by atoms with Crippen molar-refractivity contribution < 1.29 is 4.79 Å². The van der Waals surface area contributed by atoms with Crippen LogP contribution in [-0.2, 0) is 0 Å². The van der Waals surface area contributed by atoms with Crippen molar-refractivity contribution in [3.63, 3.8) is 0 Å². The molecule has 0 aliphatic carbocycles. The van der Waals surface area contributed by atoms with Crippen LogP contribution in [0.3, 0.4) is 0 Å². The van der Waals surface area contributed by atoms with Crippen molar-refractivity contribution in [2.24, 2.45) is 0 Å². The van der Waals surface area contributed by atoms with Gasteiger partial charge in [0.05, 0.1) is 22.0 Å². The Morgan fingerprint density at radius 3 is 2.83 bits per heavy atom. The summed E-state index contributed by atoms with van der Waals surface area (Å²) < 4.78 is 0. The van der Waals surface area contributed by atoms with Gasteiger partial charge in [0.1, 0.15) is 0 Å². The van der Waals surface area contributed by atoms with Crippen LogP contribution in [0.2, 0.25) is 5.02 Å². The molecule has 0 aliphatic heterocycles. The van der Waals surface area contributed by atoms with Crippen molar-refractivity contribution in [1.82, 2.24) is 4.98 Å². The van der Waals surface area contributed by atoms with Gasteiger partial charge in [-0.1, -0.05) is 23.7 Å². The van der Waals surface area contributed by atoms with Crippen LogP contribution in [0.4, 0.5) is 11.4 Å². The average molecular weight is 262 g/mol. The van der Waals surface area contributed by atoms with E-state index in [4.69, 9.17) is 17.3 Å². The first-order valence-electron chi connectivity index (χ1n) is 5.35. The lowest BCUT2D eigenvalue weighted by Crippen LogP contribution is -2.14. The fourth-order valence-electron chi connectivity index (χ4n) is 1.60. The molecule has 0 bridgehead atoms. The number of benzene rings is 1. The Labute approximate surface area is 110 Å². The summed E-state index contributed by atoms with van der Waals surface area (Å²) in [4.78, 5) is 15.9. The summed E-state index contributed by atoms with van der Waals surface area (Å²) in [6.07, 6.45) is 2.94. The highest BCUT2D eigenvalue weighted by atomic mass is 35.5. The maximum absolute atomic E-state index is 12.1. The lowest BCUT2D eigenvalue weighted by molar-refractivity contribution is 0.102. The maximum atomic E-state index is 12.1. The first-order valence-corrected chi connectivity index (χ1v) is 5.73. The van der Waals surface area contributed by atoms with Crippen molar-refractivity contribution in [2.75, 3.05) is 11.1 Å². The number of nitrogens with zero attached hydrogens (tertiary/aromatic N) is 1. The molecule has 0 radical (unpaired) electrons. The van der Waals surface area contributed by atoms with E-state index in [-0.39, 0.29) is 5.91 Å². The molecule has 0 saturated heterocycles. The molecule has 3 N–H and O–H groups in total. The number of para-hydroxylation sites is 1. The molecular formula is C13H12ClN3O. The van der Waals surface area contributed by atoms with E-state index in [0.29, 0.717) is 22.0 Å². The first-order chi connectivity index (χ1) is 8.59. The number of aromatic nitrogens is 1. The van der Waals surface area contributed by atoms with E-state index in [1.54, 1.807) is 12.1 Å². The van der Waals surface area contributed by atoms with Crippen LogP contribution in [0.5, 0.6) is 0 Å². The van der Waals surface area contributed by atoms with Crippen LogP contribution in [0, 0.1) is 6.92 Å². The summed E-state index contributed by atoms with van der Waals surface area (Å²) in [7, 11) is 0. The molecule has 0 aliphatic rings. The smallest absolute Gasteiger partial charge is 0.257 e. The van der Waals surface area contributed by atoms with Crippen LogP contribution in [0.25, 0.3) is 0 Å². The molecule has 1 amide bonds. The Morgan fingerprint density at radius 2 is 2.17 bits per heavy atom. The molecule has 1 aromatic carbocycles. The second-order valence-corrected chi connectivity index (χ2v) is 4.26. The number of hydrogen-bond donors (Lipinski definition) is 2. The number of carbonyl (C=O) groups excluding carboxylic acids is 1. The minimum Gasteiger partial charge on any atom is -0.397 e. The normalized spacial score (nSPS) is 10.1. The zero-order valence-corrected chi connectivity index (χ0v) is 10.5. The topological polar surface area (TPSA) is 68.0 Å². The lowest BCUT2D eigenvalue weighted by atomic mass is 10.1. The number of anilines is 2. The van der Waals surface area contributed by atoms with Crippen molar-refractivity contribution in [1.29, 1.82) is 0 Å². The highest BCUT2D eigenvalue weighted by Gasteiger charge is 2.12. The number of nitrogens with two attached hydrogens (primary N) is 1. The number of halogens is 1. The van der Waals surface area contributed by atoms with Crippen molar-refractivity contribution in [3.05, 3.63) is 52.8 Å². The van der Waals surface area contributed by atoms with E-state index >= 15 is 0 Å². The predicted molar refractivity (Wildman–Crippen MR) is 72.8 cm³/mol. The Morgan fingerprint density at radius 1 is 1.39 bits per heavy atom. The third-order valence-electron chi connectivity index (χ3n) is 2.56. The van der Waals surface area contributed by atoms with Crippen molar-refractivity contribution in [3.8, 4) is 0 Å². The number of hydrogen-bond acceptors (Lipinski definition) is 3. The summed E-state index contributed by atoms with van der Waals surface area (Å²) in [5.74, 6) is -0.302. The van der Waals surface area contributed by atoms with Gasteiger partial charge < -0.3 is 11.1 Å². The Hall–Kier alpha value is -2.07. The Kier molecular flexibility index (Phi) is 3.48. The molecule has 5 heteroatoms. The van der Waals surface area contributed by atoms with E-state index in [1.807, 2.05) is 19.1 Å². The maximum Gasteiger partial charge on any atom is 0.257 e. The van der Waals surface area contributed by atoms with E-state index in [9.17, 15) is 4.79 Å². The first kappa shape index (κ1) is 12.4. The molecule has 1 heterocycles. The predicted octanol–water partition coefficient (Wildman–Crippen LogP) is 2.88. The zero-order chi connectivity index (χ0) is 13.1. The molecule has 4 nitrogen and oxygen atoms in total. The van der Waals surface area contributed by atoms with E-state index in [0.717, 1.165) is 5.56 Å². The van der Waals surface area contributed by atoms with E-state index < -0.39 is 0 Å². The minimum absolute atomic E-state index is 0.302. The summed E-state index contributed by atoms with van der Waals surface area (Å²) in [6, 6.07) is 7.00. The molecular weight excluding hydrogens is 250 g/mol. The average Bonchev–Trinajstić information content (AvgIpc) is 2.34. The number of nitrogens with one attached hydrogen (secondary N) is 1. The number of amides is 1. The Balaban J connectivity index is 2.30. The van der Waals surface area contributed by atoms with Crippen LogP contribution >= 0.6 is 11.6 Å². The largest absolute Gasteiger partial charge is 0.397 e. The van der Waals surface area contributed by atoms with Crippen molar-refractivity contribution in [2.45, 2.75) is 6.92 Å². The van der Waals surface area contributed by atoms with Crippen LogP contribution in [-0.4, -0.2) is 10.9 Å². The second-order valence-electron chi connectivity index (χ2n) is 3.85. The fraction of sp³-hybridized carbons (Fsp3) is 0.0769. The van der Waals surface area contributed by atoms with Gasteiger partial charge in [0, 0.05) is 12.4 Å². The van der Waals surface area contributed by atoms with E-state index in [1.165, 1.54) is 12.4 Å². The van der Waals surface area contributed by atoms with Gasteiger partial charge in [0.25, 0.3) is 5.91 Å². The van der Waals surface area contributed by atoms with Gasteiger partial charge in [-0.15, -0.1) is 0 Å². The number of aryl methyl sites for hydroxylation is 1. The summed E-state index contributed by atoms with van der Waals surface area (Å²) >= 11 is 5.91. The van der Waals surface area contributed by atoms with Crippen molar-refractivity contribution >= 4 is 28.9 Å². The third-order valence-corrected chi connectivity index (χ3v) is 2.86.